The summed E-state index contributed by atoms with van der Waals surface area (Å²) in [5.74, 6) is -0.00719. The van der Waals surface area contributed by atoms with Gasteiger partial charge in [-0.05, 0) is 73.0 Å². The number of aliphatic hydroxyl groups is 1. The number of Topliss-reactive ketones (excluding diaryl/α,β-unsaturated/α-hetero) is 1. The summed E-state index contributed by atoms with van der Waals surface area (Å²) >= 11 is 1.31. The van der Waals surface area contributed by atoms with Crippen molar-refractivity contribution in [3.8, 4) is 23.0 Å². The third-order valence-corrected chi connectivity index (χ3v) is 8.84. The molecule has 7 rings (SSSR count). The van der Waals surface area contributed by atoms with Gasteiger partial charge in [0.25, 0.3) is 5.78 Å². The number of carbonyl (C=O) groups is 2. The summed E-state index contributed by atoms with van der Waals surface area (Å²) in [6.07, 6.45) is 0. The third kappa shape index (κ3) is 5.41. The minimum Gasteiger partial charge on any atom is -0.507 e. The third-order valence-electron chi connectivity index (χ3n) is 7.82. The lowest BCUT2D eigenvalue weighted by Crippen LogP contribution is -2.29. The van der Waals surface area contributed by atoms with Crippen LogP contribution < -0.4 is 23.8 Å². The number of aryl methyl sites for hydroxylation is 1. The van der Waals surface area contributed by atoms with Gasteiger partial charge in [-0.25, -0.2) is 4.98 Å². The minimum absolute atomic E-state index is 0.0717. The van der Waals surface area contributed by atoms with Crippen LogP contribution in [0.4, 0.5) is 5.13 Å². The Balaban J connectivity index is 1.36. The van der Waals surface area contributed by atoms with Crippen molar-refractivity contribution in [3.63, 3.8) is 0 Å². The molecule has 1 fully saturated rings. The van der Waals surface area contributed by atoms with Crippen molar-refractivity contribution in [1.82, 2.24) is 4.98 Å². The number of fused-ring (bicyclic) bond motifs is 2. The second-order valence-electron chi connectivity index (χ2n) is 10.9. The predicted octanol–water partition coefficient (Wildman–Crippen LogP) is 6.98. The van der Waals surface area contributed by atoms with Gasteiger partial charge in [0.15, 0.2) is 28.1 Å². The van der Waals surface area contributed by atoms with Crippen LogP contribution in [0.5, 0.6) is 23.0 Å². The number of nitrogens with zero attached hydrogens (tertiary/aromatic N) is 2. The van der Waals surface area contributed by atoms with E-state index in [0.717, 1.165) is 15.8 Å². The average Bonchev–Trinajstić information content (AvgIpc) is 3.61. The predicted molar refractivity (Wildman–Crippen MR) is 175 cm³/mol. The SMILES string of the molecule is CCOc1cc([C@H]2/C(=C(\O)c3ccc4c(c3)OCCO4)C(=O)C(=O)N2c2nc3ccc(C)cc3s2)ccc1OCc1ccccc1. The van der Waals surface area contributed by atoms with Crippen molar-refractivity contribution in [2.75, 3.05) is 24.7 Å². The molecule has 0 saturated carbocycles. The van der Waals surface area contributed by atoms with Crippen LogP contribution in [0.25, 0.3) is 16.0 Å². The van der Waals surface area contributed by atoms with E-state index in [-0.39, 0.29) is 11.3 Å². The summed E-state index contributed by atoms with van der Waals surface area (Å²) in [6, 6.07) is 24.8. The van der Waals surface area contributed by atoms with Crippen LogP contribution in [0.2, 0.25) is 0 Å². The van der Waals surface area contributed by atoms with E-state index in [1.165, 1.54) is 16.2 Å². The fourth-order valence-electron chi connectivity index (χ4n) is 5.63. The van der Waals surface area contributed by atoms with Crippen molar-refractivity contribution in [2.45, 2.75) is 26.5 Å². The van der Waals surface area contributed by atoms with Gasteiger partial charge in [0, 0.05) is 5.56 Å². The summed E-state index contributed by atoms with van der Waals surface area (Å²) in [4.78, 5) is 33.8. The number of rotatable bonds is 8. The van der Waals surface area contributed by atoms with Crippen molar-refractivity contribution < 1.29 is 33.6 Å². The number of benzene rings is 4. The molecule has 1 aromatic heterocycles. The molecule has 1 atom stereocenters. The zero-order valence-corrected chi connectivity index (χ0v) is 26.0. The summed E-state index contributed by atoms with van der Waals surface area (Å²) in [5, 5.41) is 12.1. The molecule has 0 bridgehead atoms. The van der Waals surface area contributed by atoms with Crippen molar-refractivity contribution in [3.05, 3.63) is 113 Å². The van der Waals surface area contributed by atoms with Gasteiger partial charge in [-0.15, -0.1) is 0 Å². The number of anilines is 1. The number of hydrogen-bond donors (Lipinski definition) is 1. The molecule has 0 aliphatic carbocycles. The van der Waals surface area contributed by atoms with Crippen molar-refractivity contribution in [1.29, 1.82) is 0 Å². The van der Waals surface area contributed by atoms with Gasteiger partial charge in [0.2, 0.25) is 0 Å². The van der Waals surface area contributed by atoms with E-state index in [1.54, 1.807) is 36.4 Å². The molecule has 9 nitrogen and oxygen atoms in total. The molecule has 1 saturated heterocycles. The quantitative estimate of drug-likeness (QED) is 0.111. The van der Waals surface area contributed by atoms with E-state index in [1.807, 2.05) is 62.4 Å². The standard InChI is InChI=1S/C36H30N2O7S/c1-3-42-28-18-23(10-13-27(28)45-20-22-7-5-4-6-8-22)32-31(33(39)24-11-14-26-29(19-24)44-16-15-43-26)34(40)35(41)38(32)36-37-25-12-9-21(2)17-30(25)46-36/h4-14,17-19,32,39H,3,15-16,20H2,1-2H3/b33-31+/t32-/m0/s1. The Kier molecular flexibility index (Phi) is 7.79. The molecule has 1 N–H and O–H groups in total. The highest BCUT2D eigenvalue weighted by Gasteiger charge is 2.48. The Morgan fingerprint density at radius 1 is 0.935 bits per heavy atom. The van der Waals surface area contributed by atoms with Crippen LogP contribution >= 0.6 is 11.3 Å². The smallest absolute Gasteiger partial charge is 0.301 e. The lowest BCUT2D eigenvalue weighted by Gasteiger charge is -2.24. The lowest BCUT2D eigenvalue weighted by atomic mass is 9.95. The second kappa shape index (κ2) is 12.2. The summed E-state index contributed by atoms with van der Waals surface area (Å²) in [6.45, 7) is 5.31. The number of hydrogen-bond acceptors (Lipinski definition) is 9. The normalized spacial score (nSPS) is 17.0. The van der Waals surface area contributed by atoms with Crippen molar-refractivity contribution >= 4 is 44.1 Å². The molecule has 46 heavy (non-hydrogen) atoms. The Morgan fingerprint density at radius 2 is 1.74 bits per heavy atom. The van der Waals surface area contributed by atoms with Gasteiger partial charge < -0.3 is 24.1 Å². The monoisotopic (exact) mass is 634 g/mol. The van der Waals surface area contributed by atoms with Crippen LogP contribution in [0.3, 0.4) is 0 Å². The Labute approximate surface area is 269 Å². The largest absolute Gasteiger partial charge is 0.507 e. The number of aromatic nitrogens is 1. The summed E-state index contributed by atoms with van der Waals surface area (Å²) < 4.78 is 24.3. The Bertz CT molecular complexity index is 2000. The fourth-order valence-corrected chi connectivity index (χ4v) is 6.72. The van der Waals surface area contributed by atoms with E-state index < -0.39 is 17.7 Å². The number of ketones is 1. The maximum absolute atomic E-state index is 13.8. The van der Waals surface area contributed by atoms with E-state index in [9.17, 15) is 14.7 Å². The molecule has 4 aromatic carbocycles. The van der Waals surface area contributed by atoms with Gasteiger partial charge in [0.1, 0.15) is 25.6 Å². The van der Waals surface area contributed by atoms with Gasteiger partial charge in [0.05, 0.1) is 28.4 Å². The Hall–Kier alpha value is -5.35. The first-order chi connectivity index (χ1) is 22.4. The average molecular weight is 635 g/mol. The van der Waals surface area contributed by atoms with Gasteiger partial charge in [-0.3, -0.25) is 14.5 Å². The van der Waals surface area contributed by atoms with Crippen LogP contribution in [0, 0.1) is 6.92 Å². The van der Waals surface area contributed by atoms with E-state index in [4.69, 9.17) is 23.9 Å². The zero-order chi connectivity index (χ0) is 31.8. The van der Waals surface area contributed by atoms with Crippen molar-refractivity contribution in [2.24, 2.45) is 0 Å². The molecule has 0 radical (unpaired) electrons. The fraction of sp³-hybridized carbons (Fsp3) is 0.194. The van der Waals surface area contributed by atoms with Gasteiger partial charge in [-0.1, -0.05) is 53.8 Å². The Morgan fingerprint density at radius 3 is 2.54 bits per heavy atom. The van der Waals surface area contributed by atoms with Crippen LogP contribution in [-0.4, -0.2) is 41.6 Å². The van der Waals surface area contributed by atoms with Gasteiger partial charge >= 0.3 is 5.91 Å². The molecule has 3 heterocycles. The molecule has 10 heteroatoms. The molecule has 232 valence electrons. The zero-order valence-electron chi connectivity index (χ0n) is 25.2. The van der Waals surface area contributed by atoms with Crippen LogP contribution in [0.1, 0.15) is 35.2 Å². The molecule has 1 amide bonds. The minimum atomic E-state index is -1.00. The maximum atomic E-state index is 13.8. The summed E-state index contributed by atoms with van der Waals surface area (Å²) in [7, 11) is 0. The van der Waals surface area contributed by atoms with Gasteiger partial charge in [-0.2, -0.15) is 0 Å². The first-order valence-corrected chi connectivity index (χ1v) is 15.7. The molecule has 5 aromatic rings. The molecular formula is C36H30N2O7S. The number of thiazole rings is 1. The highest BCUT2D eigenvalue weighted by atomic mass is 32.1. The van der Waals surface area contributed by atoms with Crippen LogP contribution in [-0.2, 0) is 16.2 Å². The number of carbonyl (C=O) groups excluding carboxylic acids is 2. The number of amides is 1. The summed E-state index contributed by atoms with van der Waals surface area (Å²) in [5.41, 5.74) is 3.54. The lowest BCUT2D eigenvalue weighted by molar-refractivity contribution is -0.132. The highest BCUT2D eigenvalue weighted by Crippen LogP contribution is 2.46. The maximum Gasteiger partial charge on any atom is 0.301 e. The number of ether oxygens (including phenoxy) is 4. The highest BCUT2D eigenvalue weighted by molar-refractivity contribution is 7.22. The molecule has 2 aliphatic rings. The van der Waals surface area contributed by atoms with E-state index in [0.29, 0.717) is 71.2 Å². The first-order valence-electron chi connectivity index (χ1n) is 14.9. The van der Waals surface area contributed by atoms with Crippen LogP contribution in [0.15, 0.2) is 90.5 Å². The molecule has 0 unspecified atom stereocenters. The molecule has 2 aliphatic heterocycles. The first kappa shape index (κ1) is 29.4. The second-order valence-corrected chi connectivity index (χ2v) is 11.9. The molecule has 0 spiro atoms. The molecular weight excluding hydrogens is 604 g/mol. The topological polar surface area (TPSA) is 107 Å². The van der Waals surface area contributed by atoms with E-state index in [2.05, 4.69) is 0 Å². The van der Waals surface area contributed by atoms with E-state index >= 15 is 0 Å². The number of aliphatic hydroxyl groups excluding tert-OH is 1.